The molecule has 3 rings (SSSR count). The van der Waals surface area contributed by atoms with Crippen LogP contribution in [0, 0.1) is 0 Å². The molecule has 2 heterocycles. The Balaban J connectivity index is 1.90. The van der Waals surface area contributed by atoms with E-state index in [2.05, 4.69) is 17.9 Å². The first-order chi connectivity index (χ1) is 10.2. The Labute approximate surface area is 128 Å². The molecule has 0 saturated carbocycles. The molecule has 2 aromatic rings. The predicted molar refractivity (Wildman–Crippen MR) is 84.6 cm³/mol. The van der Waals surface area contributed by atoms with Crippen LogP contribution in [0.3, 0.4) is 0 Å². The van der Waals surface area contributed by atoms with E-state index in [9.17, 15) is 9.90 Å². The number of benzene rings is 1. The van der Waals surface area contributed by atoms with Gasteiger partial charge in [0.2, 0.25) is 0 Å². The number of hydrogen-bond donors (Lipinski definition) is 1. The van der Waals surface area contributed by atoms with Gasteiger partial charge in [-0.1, -0.05) is 25.0 Å². The van der Waals surface area contributed by atoms with E-state index >= 15 is 0 Å². The number of likely N-dealkylation sites (tertiary alicyclic amines) is 1. The van der Waals surface area contributed by atoms with Crippen LogP contribution in [0.2, 0.25) is 0 Å². The molecule has 1 aliphatic heterocycles. The van der Waals surface area contributed by atoms with E-state index in [1.807, 2.05) is 18.2 Å². The van der Waals surface area contributed by atoms with Crippen molar-refractivity contribution in [2.75, 3.05) is 6.54 Å². The third-order valence-electron chi connectivity index (χ3n) is 4.24. The molecule has 0 aliphatic carbocycles. The molecule has 1 N–H and O–H groups in total. The smallest absolute Gasteiger partial charge is 0.320 e. The highest BCUT2D eigenvalue weighted by Crippen LogP contribution is 2.32. The number of carbonyl (C=O) groups is 1. The van der Waals surface area contributed by atoms with E-state index in [-0.39, 0.29) is 12.1 Å². The summed E-state index contributed by atoms with van der Waals surface area (Å²) in [5.74, 6) is -0.704. The summed E-state index contributed by atoms with van der Waals surface area (Å²) in [7, 11) is 0. The van der Waals surface area contributed by atoms with Crippen molar-refractivity contribution in [2.45, 2.75) is 44.7 Å². The number of rotatable bonds is 3. The Morgan fingerprint density at radius 3 is 2.95 bits per heavy atom. The number of hydrogen-bond acceptors (Lipinski definition) is 4. The van der Waals surface area contributed by atoms with Crippen molar-refractivity contribution in [3.8, 4) is 0 Å². The molecule has 21 heavy (non-hydrogen) atoms. The molecule has 1 aliphatic rings. The maximum absolute atomic E-state index is 11.6. The third-order valence-corrected chi connectivity index (χ3v) is 5.45. The normalized spacial score (nSPS) is 22.0. The predicted octanol–water partition coefficient (Wildman–Crippen LogP) is 3.69. The Morgan fingerprint density at radius 2 is 2.19 bits per heavy atom. The summed E-state index contributed by atoms with van der Waals surface area (Å²) >= 11 is 1.67. The first kappa shape index (κ1) is 14.5. The molecule has 1 fully saturated rings. The summed E-state index contributed by atoms with van der Waals surface area (Å²) in [6.07, 6.45) is 3.93. The molecule has 0 radical (unpaired) electrons. The summed E-state index contributed by atoms with van der Waals surface area (Å²) < 4.78 is 1.17. The zero-order valence-corrected chi connectivity index (χ0v) is 13.0. The minimum absolute atomic E-state index is 0.0570. The second kappa shape index (κ2) is 6.12. The Hall–Kier alpha value is -1.46. The van der Waals surface area contributed by atoms with E-state index in [1.165, 1.54) is 4.70 Å². The molecule has 2 unspecified atom stereocenters. The maximum Gasteiger partial charge on any atom is 0.320 e. The highest BCUT2D eigenvalue weighted by atomic mass is 32.1. The summed E-state index contributed by atoms with van der Waals surface area (Å²) in [5, 5.41) is 10.5. The van der Waals surface area contributed by atoms with Gasteiger partial charge in [0, 0.05) is 0 Å². The van der Waals surface area contributed by atoms with Crippen LogP contribution in [-0.2, 0) is 4.79 Å². The topological polar surface area (TPSA) is 53.4 Å². The second-order valence-electron chi connectivity index (χ2n) is 5.64. The molecule has 4 nitrogen and oxygen atoms in total. The molecule has 2 atom stereocenters. The van der Waals surface area contributed by atoms with Crippen molar-refractivity contribution in [1.82, 2.24) is 9.88 Å². The van der Waals surface area contributed by atoms with Gasteiger partial charge in [0.05, 0.1) is 16.3 Å². The Morgan fingerprint density at radius 1 is 1.38 bits per heavy atom. The van der Waals surface area contributed by atoms with Crippen LogP contribution in [0.4, 0.5) is 0 Å². The van der Waals surface area contributed by atoms with Crippen molar-refractivity contribution in [3.63, 3.8) is 0 Å². The lowest BCUT2D eigenvalue weighted by molar-refractivity contribution is -0.144. The van der Waals surface area contributed by atoms with Crippen molar-refractivity contribution in [3.05, 3.63) is 29.3 Å². The zero-order valence-electron chi connectivity index (χ0n) is 12.2. The van der Waals surface area contributed by atoms with Crippen molar-refractivity contribution >= 4 is 27.5 Å². The Kier molecular flexibility index (Phi) is 4.22. The fraction of sp³-hybridized carbons (Fsp3) is 0.500. The van der Waals surface area contributed by atoms with E-state index in [0.29, 0.717) is 0 Å². The molecule has 1 saturated heterocycles. The first-order valence-electron chi connectivity index (χ1n) is 7.51. The van der Waals surface area contributed by atoms with Gasteiger partial charge in [0.15, 0.2) is 0 Å². The van der Waals surface area contributed by atoms with Gasteiger partial charge >= 0.3 is 5.97 Å². The molecule has 0 spiro atoms. The van der Waals surface area contributed by atoms with E-state index in [0.717, 1.165) is 42.8 Å². The van der Waals surface area contributed by atoms with Crippen molar-refractivity contribution < 1.29 is 9.90 Å². The average molecular weight is 304 g/mol. The minimum Gasteiger partial charge on any atom is -0.480 e. The van der Waals surface area contributed by atoms with E-state index in [4.69, 9.17) is 4.98 Å². The monoisotopic (exact) mass is 304 g/mol. The quantitative estimate of drug-likeness (QED) is 0.939. The summed E-state index contributed by atoms with van der Waals surface area (Å²) in [5.41, 5.74) is 1.01. The zero-order chi connectivity index (χ0) is 14.8. The molecule has 1 aromatic carbocycles. The minimum atomic E-state index is -0.704. The van der Waals surface area contributed by atoms with Crippen molar-refractivity contribution in [1.29, 1.82) is 0 Å². The van der Waals surface area contributed by atoms with Crippen LogP contribution in [0.25, 0.3) is 10.2 Å². The molecule has 0 bridgehead atoms. The van der Waals surface area contributed by atoms with Gasteiger partial charge < -0.3 is 5.11 Å². The number of aliphatic carboxylic acids is 1. The largest absolute Gasteiger partial charge is 0.480 e. The van der Waals surface area contributed by atoms with Crippen LogP contribution in [0.1, 0.15) is 43.7 Å². The standard InChI is InChI=1S/C16H20N2O2S/c1-11(15-17-12-7-4-5-9-14(12)21-15)18-10-6-2-3-8-13(18)16(19)20/h4-5,7,9,11,13H,2-3,6,8,10H2,1H3,(H,19,20). The number of carboxylic acid groups (broad SMARTS) is 1. The van der Waals surface area contributed by atoms with Crippen LogP contribution in [0.15, 0.2) is 24.3 Å². The van der Waals surface area contributed by atoms with Gasteiger partial charge in [-0.05, 0) is 38.4 Å². The molecular weight excluding hydrogens is 284 g/mol. The van der Waals surface area contributed by atoms with Crippen molar-refractivity contribution in [2.24, 2.45) is 0 Å². The van der Waals surface area contributed by atoms with Gasteiger partial charge in [-0.2, -0.15) is 0 Å². The average Bonchev–Trinajstić information content (AvgIpc) is 2.75. The molecule has 0 amide bonds. The lowest BCUT2D eigenvalue weighted by Crippen LogP contribution is -2.42. The number of nitrogens with zero attached hydrogens (tertiary/aromatic N) is 2. The third kappa shape index (κ3) is 2.94. The summed E-state index contributed by atoms with van der Waals surface area (Å²) in [4.78, 5) is 18.4. The first-order valence-corrected chi connectivity index (χ1v) is 8.32. The van der Waals surface area contributed by atoms with Crippen LogP contribution in [0.5, 0.6) is 0 Å². The molecule has 5 heteroatoms. The van der Waals surface area contributed by atoms with Crippen LogP contribution >= 0.6 is 11.3 Å². The second-order valence-corrected chi connectivity index (χ2v) is 6.70. The number of aromatic nitrogens is 1. The van der Waals surface area contributed by atoms with Crippen LogP contribution in [-0.4, -0.2) is 33.5 Å². The summed E-state index contributed by atoms with van der Waals surface area (Å²) in [6, 6.07) is 7.76. The lowest BCUT2D eigenvalue weighted by Gasteiger charge is -2.31. The van der Waals surface area contributed by atoms with Gasteiger partial charge in [-0.25, -0.2) is 4.98 Å². The molecule has 1 aromatic heterocycles. The number of fused-ring (bicyclic) bond motifs is 1. The van der Waals surface area contributed by atoms with E-state index in [1.54, 1.807) is 11.3 Å². The highest BCUT2D eigenvalue weighted by Gasteiger charge is 2.32. The number of carboxylic acids is 1. The molecule has 112 valence electrons. The number of para-hydroxylation sites is 1. The Bertz CT molecular complexity index is 607. The van der Waals surface area contributed by atoms with Gasteiger partial charge in [-0.15, -0.1) is 11.3 Å². The SMILES string of the molecule is CC(c1nc2ccccc2s1)N1CCCCCC1C(=O)O. The van der Waals surface area contributed by atoms with Gasteiger partial charge in [0.1, 0.15) is 11.0 Å². The molecular formula is C16H20N2O2S. The number of thiazole rings is 1. The van der Waals surface area contributed by atoms with Crippen LogP contribution < -0.4 is 0 Å². The lowest BCUT2D eigenvalue weighted by atomic mass is 10.1. The van der Waals surface area contributed by atoms with Gasteiger partial charge in [0.25, 0.3) is 0 Å². The van der Waals surface area contributed by atoms with Gasteiger partial charge in [-0.3, -0.25) is 9.69 Å². The fourth-order valence-electron chi connectivity index (χ4n) is 3.07. The fourth-order valence-corrected chi connectivity index (χ4v) is 4.11. The summed E-state index contributed by atoms with van der Waals surface area (Å²) in [6.45, 7) is 2.92. The van der Waals surface area contributed by atoms with E-state index < -0.39 is 5.97 Å². The highest BCUT2D eigenvalue weighted by molar-refractivity contribution is 7.18. The maximum atomic E-state index is 11.6.